The molecule has 3 rings (SSSR count). The molecular formula is C21H27F3N8O. The fraction of sp³-hybridized carbons (Fsp3) is 0.429. The minimum Gasteiger partial charge on any atom is -0.365 e. The summed E-state index contributed by atoms with van der Waals surface area (Å²) in [7, 11) is 0. The zero-order valence-electron chi connectivity index (χ0n) is 18.4. The Labute approximate surface area is 188 Å². The predicted molar refractivity (Wildman–Crippen MR) is 120 cm³/mol. The summed E-state index contributed by atoms with van der Waals surface area (Å²) in [6, 6.07) is 0.478. The summed E-state index contributed by atoms with van der Waals surface area (Å²) in [4.78, 5) is 20.3. The van der Waals surface area contributed by atoms with Crippen molar-refractivity contribution in [2.24, 2.45) is 11.5 Å². The Morgan fingerprint density at radius 3 is 2.64 bits per heavy atom. The molecule has 6 N–H and O–H groups in total. The van der Waals surface area contributed by atoms with Gasteiger partial charge in [-0.2, -0.15) is 5.10 Å². The molecule has 2 atom stereocenters. The molecule has 0 aliphatic carbocycles. The standard InChI is InChI=1S/C21H27F3N8O/c1-3-4-5-15(11(2)25)29-21-14(22)6-12(19(26)33)20(31-21)30-16-8-27-9-17-13(16)7-28-32(17)10-18(23)24/h6-9,11,15,18H,3-5,10,25H2,1-2H3,(H2,26,33)(H2,29,30,31)/t11-,15+/m0/s1. The van der Waals surface area contributed by atoms with Gasteiger partial charge in [-0.15, -0.1) is 0 Å². The molecule has 12 heteroatoms. The molecule has 1 amide bonds. The number of nitrogens with one attached hydrogen (secondary N) is 2. The molecule has 178 valence electrons. The number of fused-ring (bicyclic) bond motifs is 1. The number of nitrogens with zero attached hydrogens (tertiary/aromatic N) is 4. The molecule has 0 saturated carbocycles. The Balaban J connectivity index is 1.99. The lowest BCUT2D eigenvalue weighted by atomic mass is 10.0. The maximum absolute atomic E-state index is 14.8. The van der Waals surface area contributed by atoms with Crippen LogP contribution in [-0.4, -0.2) is 44.2 Å². The fourth-order valence-corrected chi connectivity index (χ4v) is 3.43. The Morgan fingerprint density at radius 1 is 1.24 bits per heavy atom. The number of hydrogen-bond acceptors (Lipinski definition) is 7. The van der Waals surface area contributed by atoms with Crippen LogP contribution in [0.5, 0.6) is 0 Å². The van der Waals surface area contributed by atoms with Gasteiger partial charge in [-0.25, -0.2) is 18.2 Å². The van der Waals surface area contributed by atoms with Crippen molar-refractivity contribution in [1.29, 1.82) is 0 Å². The highest BCUT2D eigenvalue weighted by molar-refractivity contribution is 6.00. The molecule has 9 nitrogen and oxygen atoms in total. The second-order valence-corrected chi connectivity index (χ2v) is 7.79. The first kappa shape index (κ1) is 24.2. The molecule has 0 bridgehead atoms. The number of halogens is 3. The van der Waals surface area contributed by atoms with Crippen molar-refractivity contribution in [3.63, 3.8) is 0 Å². The van der Waals surface area contributed by atoms with Crippen LogP contribution >= 0.6 is 0 Å². The molecule has 3 aromatic rings. The van der Waals surface area contributed by atoms with Gasteiger partial charge >= 0.3 is 0 Å². The maximum Gasteiger partial charge on any atom is 0.257 e. The molecule has 0 aliphatic rings. The third-order valence-electron chi connectivity index (χ3n) is 5.20. The van der Waals surface area contributed by atoms with Crippen LogP contribution in [0.3, 0.4) is 0 Å². The molecule has 0 aliphatic heterocycles. The van der Waals surface area contributed by atoms with E-state index in [4.69, 9.17) is 11.5 Å². The summed E-state index contributed by atoms with van der Waals surface area (Å²) < 4.78 is 41.5. The molecule has 33 heavy (non-hydrogen) atoms. The SMILES string of the molecule is CCCC[C@@H](Nc1nc(Nc2cncc3c2cnn3CC(F)F)c(C(N)=O)cc1F)[C@H](C)N. The first-order valence-electron chi connectivity index (χ1n) is 10.6. The van der Waals surface area contributed by atoms with Crippen LogP contribution in [0.1, 0.15) is 43.5 Å². The van der Waals surface area contributed by atoms with Crippen LogP contribution in [-0.2, 0) is 6.54 Å². The molecular weight excluding hydrogens is 437 g/mol. The van der Waals surface area contributed by atoms with Gasteiger partial charge in [0.05, 0.1) is 35.4 Å². The van der Waals surface area contributed by atoms with Gasteiger partial charge in [0, 0.05) is 17.5 Å². The molecule has 0 saturated heterocycles. The van der Waals surface area contributed by atoms with Crippen LogP contribution in [0.4, 0.5) is 30.5 Å². The number of rotatable bonds is 11. The number of aromatic nitrogens is 4. The minimum absolute atomic E-state index is 0.0128. The average Bonchev–Trinajstić information content (AvgIpc) is 3.15. The summed E-state index contributed by atoms with van der Waals surface area (Å²) in [5.41, 5.74) is 12.0. The smallest absolute Gasteiger partial charge is 0.257 e. The number of nitrogens with two attached hydrogens (primary N) is 2. The highest BCUT2D eigenvalue weighted by Gasteiger charge is 2.21. The van der Waals surface area contributed by atoms with E-state index in [0.717, 1.165) is 23.6 Å². The van der Waals surface area contributed by atoms with E-state index >= 15 is 0 Å². The zero-order valence-corrected chi connectivity index (χ0v) is 18.4. The average molecular weight is 464 g/mol. The molecule has 3 aromatic heterocycles. The number of amides is 1. The number of carbonyl (C=O) groups is 1. The lowest BCUT2D eigenvalue weighted by molar-refractivity contribution is 0.1000. The van der Waals surface area contributed by atoms with Crippen molar-refractivity contribution >= 4 is 34.1 Å². The van der Waals surface area contributed by atoms with Crippen molar-refractivity contribution in [2.75, 3.05) is 10.6 Å². The van der Waals surface area contributed by atoms with Crippen LogP contribution in [0.2, 0.25) is 0 Å². The molecule has 3 heterocycles. The van der Waals surface area contributed by atoms with Gasteiger partial charge in [0.2, 0.25) is 0 Å². The number of alkyl halides is 2. The summed E-state index contributed by atoms with van der Waals surface area (Å²) in [6.45, 7) is 3.25. The van der Waals surface area contributed by atoms with Gasteiger partial charge < -0.3 is 22.1 Å². The van der Waals surface area contributed by atoms with E-state index in [0.29, 0.717) is 23.0 Å². The molecule has 0 unspecified atom stereocenters. The molecule has 0 fully saturated rings. The van der Waals surface area contributed by atoms with Gasteiger partial charge in [0.15, 0.2) is 11.6 Å². The monoisotopic (exact) mass is 464 g/mol. The van der Waals surface area contributed by atoms with Crippen molar-refractivity contribution in [3.05, 3.63) is 36.0 Å². The maximum atomic E-state index is 14.8. The number of pyridine rings is 2. The lowest BCUT2D eigenvalue weighted by Crippen LogP contribution is -2.38. The third-order valence-corrected chi connectivity index (χ3v) is 5.20. The second kappa shape index (κ2) is 10.5. The number of unbranched alkanes of at least 4 members (excludes halogenated alkanes) is 1. The number of anilines is 3. The first-order chi connectivity index (χ1) is 15.7. The fourth-order valence-electron chi connectivity index (χ4n) is 3.43. The quantitative estimate of drug-likeness (QED) is 0.341. The van der Waals surface area contributed by atoms with Crippen LogP contribution in [0, 0.1) is 5.82 Å². The van der Waals surface area contributed by atoms with Gasteiger partial charge in [0.1, 0.15) is 12.4 Å². The van der Waals surface area contributed by atoms with Gasteiger partial charge in [-0.05, 0) is 19.4 Å². The summed E-state index contributed by atoms with van der Waals surface area (Å²) in [6.07, 6.45) is 4.17. The van der Waals surface area contributed by atoms with E-state index in [-0.39, 0.29) is 29.3 Å². The summed E-state index contributed by atoms with van der Waals surface area (Å²) >= 11 is 0. The summed E-state index contributed by atoms with van der Waals surface area (Å²) in [5.74, 6) is -1.74. The Morgan fingerprint density at radius 2 is 2.00 bits per heavy atom. The van der Waals surface area contributed by atoms with E-state index in [2.05, 4.69) is 25.7 Å². The zero-order chi connectivity index (χ0) is 24.1. The van der Waals surface area contributed by atoms with Crippen LogP contribution in [0.25, 0.3) is 10.9 Å². The highest BCUT2D eigenvalue weighted by Crippen LogP contribution is 2.29. The van der Waals surface area contributed by atoms with Crippen LogP contribution < -0.4 is 22.1 Å². The number of hydrogen-bond donors (Lipinski definition) is 4. The van der Waals surface area contributed by atoms with Crippen molar-refractivity contribution in [3.8, 4) is 0 Å². The predicted octanol–water partition coefficient (Wildman–Crippen LogP) is 3.39. The largest absolute Gasteiger partial charge is 0.365 e. The highest BCUT2D eigenvalue weighted by atomic mass is 19.3. The van der Waals surface area contributed by atoms with E-state index in [1.54, 1.807) is 0 Å². The van der Waals surface area contributed by atoms with Gasteiger partial charge in [0.25, 0.3) is 12.3 Å². The lowest BCUT2D eigenvalue weighted by Gasteiger charge is -2.23. The Bertz CT molecular complexity index is 1120. The molecule has 0 radical (unpaired) electrons. The van der Waals surface area contributed by atoms with Crippen molar-refractivity contribution in [1.82, 2.24) is 19.7 Å². The van der Waals surface area contributed by atoms with E-state index in [1.165, 1.54) is 18.6 Å². The third kappa shape index (κ3) is 5.69. The first-order valence-corrected chi connectivity index (χ1v) is 10.6. The topological polar surface area (TPSA) is 137 Å². The van der Waals surface area contributed by atoms with Gasteiger partial charge in [-0.1, -0.05) is 19.8 Å². The summed E-state index contributed by atoms with van der Waals surface area (Å²) in [5, 5.41) is 10.4. The Kier molecular flexibility index (Phi) is 7.69. The van der Waals surface area contributed by atoms with Gasteiger partial charge in [-0.3, -0.25) is 14.5 Å². The van der Waals surface area contributed by atoms with Crippen LogP contribution in [0.15, 0.2) is 24.7 Å². The molecule has 0 spiro atoms. The van der Waals surface area contributed by atoms with E-state index in [9.17, 15) is 18.0 Å². The normalized spacial score (nSPS) is 13.3. The van der Waals surface area contributed by atoms with Crippen molar-refractivity contribution in [2.45, 2.75) is 58.2 Å². The number of primary amides is 1. The van der Waals surface area contributed by atoms with Crippen molar-refractivity contribution < 1.29 is 18.0 Å². The Hall–Kier alpha value is -3.41. The molecule has 0 aromatic carbocycles. The van der Waals surface area contributed by atoms with E-state index < -0.39 is 24.7 Å². The number of carbonyl (C=O) groups excluding carboxylic acids is 1. The second-order valence-electron chi connectivity index (χ2n) is 7.79. The minimum atomic E-state index is -2.59. The van der Waals surface area contributed by atoms with E-state index in [1.807, 2.05) is 13.8 Å².